The highest BCUT2D eigenvalue weighted by atomic mass is 14.3. The van der Waals surface area contributed by atoms with Crippen molar-refractivity contribution in [3.8, 4) is 0 Å². The predicted octanol–water partition coefficient (Wildman–Crippen LogP) is 3.77. The maximum absolute atomic E-state index is 2.44. The van der Waals surface area contributed by atoms with E-state index < -0.39 is 0 Å². The van der Waals surface area contributed by atoms with Crippen molar-refractivity contribution in [2.75, 3.05) is 0 Å². The molecule has 0 spiro atoms. The second-order valence-corrected chi connectivity index (χ2v) is 4.43. The third kappa shape index (κ3) is 1.76. The number of fused-ring (bicyclic) bond motifs is 1. The minimum Gasteiger partial charge on any atom is -0.0622 e. The molecule has 79 valence electrons. The van der Waals surface area contributed by atoms with Crippen molar-refractivity contribution >= 4 is 0 Å². The van der Waals surface area contributed by atoms with Gasteiger partial charge in [-0.15, -0.1) is 0 Å². The van der Waals surface area contributed by atoms with Crippen molar-refractivity contribution in [1.82, 2.24) is 0 Å². The van der Waals surface area contributed by atoms with Gasteiger partial charge in [0, 0.05) is 0 Å². The Balaban J connectivity index is 1.84. The Morgan fingerprint density at radius 2 is 1.62 bits per heavy atom. The summed E-state index contributed by atoms with van der Waals surface area (Å²) in [4.78, 5) is 0. The van der Waals surface area contributed by atoms with Crippen LogP contribution in [0.15, 0.2) is 54.6 Å². The molecule has 0 bridgehead atoms. The molecule has 2 aromatic rings. The highest BCUT2D eigenvalue weighted by Crippen LogP contribution is 2.34. The van der Waals surface area contributed by atoms with Crippen molar-refractivity contribution in [1.29, 1.82) is 0 Å². The van der Waals surface area contributed by atoms with Crippen LogP contribution in [0.4, 0.5) is 0 Å². The third-order valence-corrected chi connectivity index (χ3v) is 3.38. The fraction of sp³-hybridized carbons (Fsp3) is 0.188. The Morgan fingerprint density at radius 3 is 2.50 bits per heavy atom. The molecule has 0 heteroatoms. The summed E-state index contributed by atoms with van der Waals surface area (Å²) in [6.45, 7) is 0. The standard InChI is InChI=1S/C16H15/c1-2-6-13(7-3-1)12-15-11-10-14-8-4-5-9-16(14)15/h1-9,11,15H,10,12H2. The topological polar surface area (TPSA) is 0 Å². The molecule has 1 aliphatic carbocycles. The highest BCUT2D eigenvalue weighted by Gasteiger charge is 2.21. The fourth-order valence-corrected chi connectivity index (χ4v) is 2.54. The minimum absolute atomic E-state index is 0.610. The Morgan fingerprint density at radius 1 is 0.875 bits per heavy atom. The van der Waals surface area contributed by atoms with Crippen LogP contribution in [0.2, 0.25) is 0 Å². The van der Waals surface area contributed by atoms with Crippen LogP contribution in [0.5, 0.6) is 0 Å². The van der Waals surface area contributed by atoms with Crippen LogP contribution < -0.4 is 0 Å². The van der Waals surface area contributed by atoms with Gasteiger partial charge < -0.3 is 0 Å². The Kier molecular flexibility index (Phi) is 2.49. The zero-order valence-corrected chi connectivity index (χ0v) is 9.27. The molecule has 1 aliphatic rings. The molecule has 0 N–H and O–H groups in total. The molecule has 0 amide bonds. The zero-order valence-electron chi connectivity index (χ0n) is 9.27. The first-order valence-corrected chi connectivity index (χ1v) is 5.88. The molecule has 1 radical (unpaired) electrons. The molecule has 0 saturated carbocycles. The lowest BCUT2D eigenvalue weighted by atomic mass is 9.94. The largest absolute Gasteiger partial charge is 0.0622 e. The molecule has 0 fully saturated rings. The van der Waals surface area contributed by atoms with E-state index in [1.807, 2.05) is 0 Å². The van der Waals surface area contributed by atoms with Crippen LogP contribution in [0, 0.1) is 6.42 Å². The van der Waals surface area contributed by atoms with Crippen LogP contribution in [0.25, 0.3) is 0 Å². The highest BCUT2D eigenvalue weighted by molar-refractivity contribution is 5.40. The molecule has 16 heavy (non-hydrogen) atoms. The Labute approximate surface area is 96.9 Å². The van der Waals surface area contributed by atoms with E-state index in [1.54, 1.807) is 0 Å². The van der Waals surface area contributed by atoms with E-state index in [0.717, 1.165) is 12.8 Å². The summed E-state index contributed by atoms with van der Waals surface area (Å²) in [5.41, 5.74) is 4.45. The van der Waals surface area contributed by atoms with Gasteiger partial charge >= 0.3 is 0 Å². The Hall–Kier alpha value is -1.56. The van der Waals surface area contributed by atoms with Crippen LogP contribution in [0.3, 0.4) is 0 Å². The van der Waals surface area contributed by atoms with Gasteiger partial charge in [0.25, 0.3) is 0 Å². The van der Waals surface area contributed by atoms with E-state index in [1.165, 1.54) is 16.7 Å². The molecule has 1 atom stereocenters. The van der Waals surface area contributed by atoms with Crippen molar-refractivity contribution in [3.63, 3.8) is 0 Å². The van der Waals surface area contributed by atoms with Gasteiger partial charge in [-0.3, -0.25) is 0 Å². The lowest BCUT2D eigenvalue weighted by molar-refractivity contribution is 0.802. The molecule has 0 aromatic heterocycles. The molecule has 0 heterocycles. The molecule has 0 saturated heterocycles. The van der Waals surface area contributed by atoms with Gasteiger partial charge in [0.15, 0.2) is 0 Å². The number of benzene rings is 2. The smallest absolute Gasteiger partial charge is 0.00843 e. The van der Waals surface area contributed by atoms with Crippen LogP contribution in [-0.2, 0) is 12.8 Å². The lowest BCUT2D eigenvalue weighted by Crippen LogP contribution is -1.98. The normalized spacial score (nSPS) is 18.4. The second kappa shape index (κ2) is 4.13. The van der Waals surface area contributed by atoms with Gasteiger partial charge in [-0.25, -0.2) is 0 Å². The summed E-state index contributed by atoms with van der Waals surface area (Å²) < 4.78 is 0. The van der Waals surface area contributed by atoms with E-state index in [-0.39, 0.29) is 0 Å². The van der Waals surface area contributed by atoms with Crippen molar-refractivity contribution in [2.45, 2.75) is 18.8 Å². The SMILES string of the molecule is [CH]1Cc2ccccc2C1Cc1ccccc1. The second-order valence-electron chi connectivity index (χ2n) is 4.43. The Bertz CT molecular complexity index is 470. The maximum atomic E-state index is 2.44. The van der Waals surface area contributed by atoms with Gasteiger partial charge in [0.05, 0.1) is 0 Å². The molecular weight excluding hydrogens is 192 g/mol. The fourth-order valence-electron chi connectivity index (χ4n) is 2.54. The van der Waals surface area contributed by atoms with Crippen molar-refractivity contribution < 1.29 is 0 Å². The van der Waals surface area contributed by atoms with Gasteiger partial charge in [0.1, 0.15) is 0 Å². The van der Waals surface area contributed by atoms with Crippen LogP contribution in [0.1, 0.15) is 22.6 Å². The third-order valence-electron chi connectivity index (χ3n) is 3.38. The molecule has 3 rings (SSSR count). The molecule has 0 nitrogen and oxygen atoms in total. The van der Waals surface area contributed by atoms with Crippen LogP contribution in [-0.4, -0.2) is 0 Å². The van der Waals surface area contributed by atoms with E-state index >= 15 is 0 Å². The molecule has 0 aliphatic heterocycles. The summed E-state index contributed by atoms with van der Waals surface area (Å²) in [5.74, 6) is 0.610. The van der Waals surface area contributed by atoms with Crippen molar-refractivity contribution in [2.24, 2.45) is 0 Å². The first-order chi connectivity index (χ1) is 7.93. The number of hydrogen-bond donors (Lipinski definition) is 0. The van der Waals surface area contributed by atoms with E-state index in [0.29, 0.717) is 5.92 Å². The van der Waals surface area contributed by atoms with Crippen molar-refractivity contribution in [3.05, 3.63) is 77.7 Å². The number of rotatable bonds is 2. The predicted molar refractivity (Wildman–Crippen MR) is 67.3 cm³/mol. The van der Waals surface area contributed by atoms with E-state index in [4.69, 9.17) is 0 Å². The first kappa shape index (κ1) is 9.65. The summed E-state index contributed by atoms with van der Waals surface area (Å²) in [6.07, 6.45) is 4.71. The minimum atomic E-state index is 0.610. The van der Waals surface area contributed by atoms with Gasteiger partial charge in [-0.1, -0.05) is 54.6 Å². The summed E-state index contributed by atoms with van der Waals surface area (Å²) >= 11 is 0. The van der Waals surface area contributed by atoms with Gasteiger partial charge in [-0.05, 0) is 41.9 Å². The summed E-state index contributed by atoms with van der Waals surface area (Å²) in [5, 5.41) is 0. The monoisotopic (exact) mass is 207 g/mol. The lowest BCUT2D eigenvalue weighted by Gasteiger charge is -2.11. The average Bonchev–Trinajstić information content (AvgIpc) is 2.74. The number of hydrogen-bond acceptors (Lipinski definition) is 0. The van der Waals surface area contributed by atoms with Crippen LogP contribution >= 0.6 is 0 Å². The van der Waals surface area contributed by atoms with E-state index in [9.17, 15) is 0 Å². The maximum Gasteiger partial charge on any atom is -0.00843 e. The summed E-state index contributed by atoms with van der Waals surface area (Å²) in [7, 11) is 0. The first-order valence-electron chi connectivity index (χ1n) is 5.88. The quantitative estimate of drug-likeness (QED) is 0.703. The average molecular weight is 207 g/mol. The van der Waals surface area contributed by atoms with Gasteiger partial charge in [0.2, 0.25) is 0 Å². The zero-order chi connectivity index (χ0) is 10.8. The molecule has 2 aromatic carbocycles. The molecule has 1 unspecified atom stereocenters. The van der Waals surface area contributed by atoms with E-state index in [2.05, 4.69) is 61.0 Å². The van der Waals surface area contributed by atoms with Gasteiger partial charge in [-0.2, -0.15) is 0 Å². The molecular formula is C16H15. The summed E-state index contributed by atoms with van der Waals surface area (Å²) in [6, 6.07) is 19.6.